The molecule has 1 aromatic heterocycles. The van der Waals surface area contributed by atoms with E-state index in [0.29, 0.717) is 4.47 Å². The van der Waals surface area contributed by atoms with E-state index in [1.807, 2.05) is 0 Å². The van der Waals surface area contributed by atoms with Crippen LogP contribution in [-0.4, -0.2) is 9.78 Å². The van der Waals surface area contributed by atoms with E-state index >= 15 is 0 Å². The first-order valence-electron chi connectivity index (χ1n) is 4.35. The van der Waals surface area contributed by atoms with Crippen LogP contribution in [0.5, 0.6) is 0 Å². The van der Waals surface area contributed by atoms with Crippen LogP contribution in [-0.2, 0) is 6.18 Å². The van der Waals surface area contributed by atoms with E-state index in [-0.39, 0.29) is 5.69 Å². The fourth-order valence-electron chi connectivity index (χ4n) is 1.35. The molecule has 0 spiro atoms. The second-order valence-corrected chi connectivity index (χ2v) is 4.03. The lowest BCUT2D eigenvalue weighted by molar-refractivity contribution is -0.137. The largest absolute Gasteiger partial charge is 0.418 e. The molecule has 1 heterocycles. The minimum Gasteiger partial charge on any atom is -0.240 e. The van der Waals surface area contributed by atoms with Gasteiger partial charge in [-0.15, -0.1) is 0 Å². The first-order chi connectivity index (χ1) is 7.48. The topological polar surface area (TPSA) is 17.8 Å². The third-order valence-electron chi connectivity index (χ3n) is 2.02. The van der Waals surface area contributed by atoms with Crippen molar-refractivity contribution in [3.63, 3.8) is 0 Å². The first kappa shape index (κ1) is 11.2. The van der Waals surface area contributed by atoms with Gasteiger partial charge in [-0.2, -0.15) is 18.3 Å². The third kappa shape index (κ3) is 2.11. The van der Waals surface area contributed by atoms with Gasteiger partial charge in [0.15, 0.2) is 0 Å². The van der Waals surface area contributed by atoms with Crippen LogP contribution in [0.15, 0.2) is 41.1 Å². The zero-order valence-corrected chi connectivity index (χ0v) is 9.46. The van der Waals surface area contributed by atoms with E-state index in [4.69, 9.17) is 0 Å². The van der Waals surface area contributed by atoms with Gasteiger partial charge in [-0.25, -0.2) is 4.68 Å². The summed E-state index contributed by atoms with van der Waals surface area (Å²) in [6.45, 7) is 0. The smallest absolute Gasteiger partial charge is 0.240 e. The maximum atomic E-state index is 12.7. The van der Waals surface area contributed by atoms with Crippen LogP contribution in [0.2, 0.25) is 0 Å². The molecule has 0 amide bonds. The number of halogens is 4. The van der Waals surface area contributed by atoms with Crippen LogP contribution in [0.4, 0.5) is 13.2 Å². The summed E-state index contributed by atoms with van der Waals surface area (Å²) in [7, 11) is 0. The van der Waals surface area contributed by atoms with Gasteiger partial charge < -0.3 is 0 Å². The van der Waals surface area contributed by atoms with E-state index in [9.17, 15) is 13.2 Å². The van der Waals surface area contributed by atoms with Gasteiger partial charge in [0.2, 0.25) is 0 Å². The summed E-state index contributed by atoms with van der Waals surface area (Å²) < 4.78 is 39.9. The van der Waals surface area contributed by atoms with E-state index in [0.717, 1.165) is 6.07 Å². The van der Waals surface area contributed by atoms with Crippen molar-refractivity contribution >= 4 is 15.9 Å². The lowest BCUT2D eigenvalue weighted by Crippen LogP contribution is -2.11. The van der Waals surface area contributed by atoms with Crippen LogP contribution in [0.1, 0.15) is 5.56 Å². The molecule has 0 aliphatic heterocycles. The van der Waals surface area contributed by atoms with Crippen LogP contribution >= 0.6 is 15.9 Å². The molecule has 16 heavy (non-hydrogen) atoms. The predicted molar refractivity (Wildman–Crippen MR) is 56.3 cm³/mol. The van der Waals surface area contributed by atoms with Crippen LogP contribution in [0, 0.1) is 0 Å². The number of nitrogens with zero attached hydrogens (tertiary/aromatic N) is 2. The van der Waals surface area contributed by atoms with Gasteiger partial charge in [-0.3, -0.25) is 0 Å². The molecule has 0 aliphatic carbocycles. The minimum atomic E-state index is -4.39. The number of hydrogen-bond donors (Lipinski definition) is 0. The van der Waals surface area contributed by atoms with Crippen molar-refractivity contribution in [1.82, 2.24) is 9.78 Å². The average molecular weight is 291 g/mol. The Labute approximate surface area is 97.8 Å². The van der Waals surface area contributed by atoms with Crippen molar-refractivity contribution in [1.29, 1.82) is 0 Å². The number of rotatable bonds is 1. The minimum absolute atomic E-state index is 0.00637. The van der Waals surface area contributed by atoms with E-state index < -0.39 is 11.7 Å². The summed E-state index contributed by atoms with van der Waals surface area (Å²) in [6.07, 6.45) is -1.49. The zero-order chi connectivity index (χ0) is 11.8. The Bertz CT molecular complexity index is 491. The molecule has 0 saturated carbocycles. The number of alkyl halides is 3. The maximum absolute atomic E-state index is 12.7. The summed E-state index contributed by atoms with van der Waals surface area (Å²) in [6, 6.07) is 5.34. The predicted octanol–water partition coefficient (Wildman–Crippen LogP) is 3.65. The molecule has 0 fully saturated rings. The Morgan fingerprint density at radius 3 is 2.56 bits per heavy atom. The second kappa shape index (κ2) is 3.93. The second-order valence-electron chi connectivity index (χ2n) is 3.11. The molecule has 0 saturated heterocycles. The van der Waals surface area contributed by atoms with Gasteiger partial charge in [-0.05, 0) is 24.3 Å². The number of benzene rings is 1. The lowest BCUT2D eigenvalue weighted by Gasteiger charge is -2.12. The SMILES string of the molecule is FC(F)(F)c1ccc(Br)cc1-n1cccn1. The van der Waals surface area contributed by atoms with Gasteiger partial charge in [0, 0.05) is 16.9 Å². The number of hydrogen-bond acceptors (Lipinski definition) is 1. The van der Waals surface area contributed by atoms with Crippen LogP contribution in [0.25, 0.3) is 5.69 Å². The highest BCUT2D eigenvalue weighted by Gasteiger charge is 2.34. The molecule has 2 nitrogen and oxygen atoms in total. The zero-order valence-electron chi connectivity index (χ0n) is 7.87. The van der Waals surface area contributed by atoms with Crippen molar-refractivity contribution in [2.24, 2.45) is 0 Å². The van der Waals surface area contributed by atoms with Gasteiger partial charge in [0.05, 0.1) is 11.3 Å². The molecular formula is C10H6BrF3N2. The molecule has 6 heteroatoms. The summed E-state index contributed by atoms with van der Waals surface area (Å²) in [5, 5.41) is 3.80. The molecule has 0 bridgehead atoms. The van der Waals surface area contributed by atoms with Gasteiger partial charge in [0.25, 0.3) is 0 Å². The molecule has 1 aromatic carbocycles. The van der Waals surface area contributed by atoms with E-state index in [1.165, 1.54) is 29.2 Å². The Balaban J connectivity index is 2.63. The van der Waals surface area contributed by atoms with Crippen molar-refractivity contribution in [2.75, 3.05) is 0 Å². The van der Waals surface area contributed by atoms with Crippen molar-refractivity contribution in [2.45, 2.75) is 6.18 Å². The third-order valence-corrected chi connectivity index (χ3v) is 2.51. The lowest BCUT2D eigenvalue weighted by atomic mass is 10.2. The molecule has 2 aromatic rings. The molecule has 0 atom stereocenters. The van der Waals surface area contributed by atoms with E-state index in [2.05, 4.69) is 21.0 Å². The molecule has 0 unspecified atom stereocenters. The standard InChI is InChI=1S/C10H6BrF3N2/c11-7-2-3-8(10(12,13)14)9(6-7)16-5-1-4-15-16/h1-6H. The van der Waals surface area contributed by atoms with Gasteiger partial charge in [0.1, 0.15) is 0 Å². The monoisotopic (exact) mass is 290 g/mol. The molecular weight excluding hydrogens is 285 g/mol. The molecule has 0 radical (unpaired) electrons. The quantitative estimate of drug-likeness (QED) is 0.784. The highest BCUT2D eigenvalue weighted by molar-refractivity contribution is 9.10. The maximum Gasteiger partial charge on any atom is 0.418 e. The summed E-state index contributed by atoms with van der Waals surface area (Å²) in [4.78, 5) is 0. The summed E-state index contributed by atoms with van der Waals surface area (Å²) in [5.74, 6) is 0. The van der Waals surface area contributed by atoms with Crippen molar-refractivity contribution in [3.05, 3.63) is 46.7 Å². The fourth-order valence-corrected chi connectivity index (χ4v) is 1.69. The van der Waals surface area contributed by atoms with Gasteiger partial charge in [-0.1, -0.05) is 15.9 Å². The Morgan fingerprint density at radius 1 is 1.25 bits per heavy atom. The van der Waals surface area contributed by atoms with E-state index in [1.54, 1.807) is 6.07 Å². The molecule has 2 rings (SSSR count). The highest BCUT2D eigenvalue weighted by atomic mass is 79.9. The normalized spacial score (nSPS) is 11.8. The van der Waals surface area contributed by atoms with Crippen LogP contribution in [0.3, 0.4) is 0 Å². The highest BCUT2D eigenvalue weighted by Crippen LogP contribution is 2.34. The van der Waals surface area contributed by atoms with Crippen LogP contribution < -0.4 is 0 Å². The Morgan fingerprint density at radius 2 is 2.00 bits per heavy atom. The summed E-state index contributed by atoms with van der Waals surface area (Å²) >= 11 is 3.14. The molecule has 0 aliphatic rings. The first-order valence-corrected chi connectivity index (χ1v) is 5.14. The van der Waals surface area contributed by atoms with Crippen molar-refractivity contribution in [3.8, 4) is 5.69 Å². The number of aromatic nitrogens is 2. The molecule has 0 N–H and O–H groups in total. The molecule has 84 valence electrons. The van der Waals surface area contributed by atoms with Gasteiger partial charge >= 0.3 is 6.18 Å². The Hall–Kier alpha value is -1.30. The average Bonchev–Trinajstić information content (AvgIpc) is 2.68. The Kier molecular flexibility index (Phi) is 2.75. The fraction of sp³-hybridized carbons (Fsp3) is 0.100. The summed E-state index contributed by atoms with van der Waals surface area (Å²) in [5.41, 5.74) is -0.703. The van der Waals surface area contributed by atoms with Crippen molar-refractivity contribution < 1.29 is 13.2 Å².